The van der Waals surface area contributed by atoms with Crippen LogP contribution in [0.1, 0.15) is 28.8 Å². The molecule has 3 aromatic rings. The third kappa shape index (κ3) is 2.97. The molecule has 0 saturated carbocycles. The average molecular weight is 311 g/mol. The molecule has 2 heterocycles. The molecule has 0 aliphatic heterocycles. The van der Waals surface area contributed by atoms with E-state index < -0.39 is 0 Å². The zero-order valence-electron chi connectivity index (χ0n) is 13.7. The maximum atomic E-state index is 12.5. The number of H-pyrrole nitrogens is 1. The number of amides is 1. The van der Waals surface area contributed by atoms with E-state index in [9.17, 15) is 4.79 Å². The molecule has 0 fully saturated rings. The molecule has 0 saturated heterocycles. The lowest BCUT2D eigenvalue weighted by molar-refractivity contribution is 0.0756. The fourth-order valence-corrected chi connectivity index (χ4v) is 2.71. The molecule has 0 aliphatic carbocycles. The first kappa shape index (κ1) is 15.3. The largest absolute Gasteiger partial charge is 0.342 e. The summed E-state index contributed by atoms with van der Waals surface area (Å²) in [6.45, 7) is 5.32. The molecule has 0 bridgehead atoms. The van der Waals surface area contributed by atoms with Crippen molar-refractivity contribution in [2.45, 2.75) is 20.3 Å². The van der Waals surface area contributed by atoms with Gasteiger partial charge in [0.25, 0.3) is 5.91 Å². The first-order valence-corrected chi connectivity index (χ1v) is 7.80. The zero-order valence-corrected chi connectivity index (χ0v) is 13.7. The Balaban J connectivity index is 1.73. The highest BCUT2D eigenvalue weighted by Gasteiger charge is 2.17. The minimum absolute atomic E-state index is 0.000193. The Morgan fingerprint density at radius 3 is 2.87 bits per heavy atom. The van der Waals surface area contributed by atoms with Crippen LogP contribution in [0, 0.1) is 6.92 Å². The lowest BCUT2D eigenvalue weighted by atomic mass is 10.2. The van der Waals surface area contributed by atoms with Gasteiger partial charge in [-0.3, -0.25) is 4.79 Å². The Hall–Kier alpha value is -2.63. The summed E-state index contributed by atoms with van der Waals surface area (Å²) in [5.74, 6) is 0.908. The highest BCUT2D eigenvalue weighted by molar-refractivity contribution is 5.92. The molecule has 0 radical (unpaired) electrons. The van der Waals surface area contributed by atoms with Crippen molar-refractivity contribution < 1.29 is 4.79 Å². The van der Waals surface area contributed by atoms with Gasteiger partial charge in [0.15, 0.2) is 0 Å². The van der Waals surface area contributed by atoms with Crippen molar-refractivity contribution in [1.82, 2.24) is 24.4 Å². The van der Waals surface area contributed by atoms with Gasteiger partial charge in [-0.1, -0.05) is 12.1 Å². The van der Waals surface area contributed by atoms with Crippen LogP contribution < -0.4 is 0 Å². The summed E-state index contributed by atoms with van der Waals surface area (Å²) >= 11 is 0. The van der Waals surface area contributed by atoms with E-state index in [0.717, 1.165) is 22.4 Å². The second-order valence-electron chi connectivity index (χ2n) is 5.68. The van der Waals surface area contributed by atoms with Crippen molar-refractivity contribution in [3.63, 3.8) is 0 Å². The standard InChI is InChI=1S/C17H21N5O/c1-4-22(17(23)14-10-18-11-21(14)3)9-8-15-19-13-7-5-6-12(2)16(13)20-15/h5-7,10-11H,4,8-9H2,1-3H3,(H,19,20). The highest BCUT2D eigenvalue weighted by Crippen LogP contribution is 2.16. The van der Waals surface area contributed by atoms with Crippen LogP contribution in [0.3, 0.4) is 0 Å². The van der Waals surface area contributed by atoms with Crippen molar-refractivity contribution in [3.8, 4) is 0 Å². The van der Waals surface area contributed by atoms with Crippen LogP contribution in [-0.4, -0.2) is 43.4 Å². The van der Waals surface area contributed by atoms with Gasteiger partial charge in [0.1, 0.15) is 11.5 Å². The number of aryl methyl sites for hydroxylation is 2. The number of hydrogen-bond donors (Lipinski definition) is 1. The Morgan fingerprint density at radius 2 is 2.22 bits per heavy atom. The third-order valence-electron chi connectivity index (χ3n) is 4.09. The number of imidazole rings is 2. The first-order valence-electron chi connectivity index (χ1n) is 7.80. The molecule has 1 N–H and O–H groups in total. The van der Waals surface area contributed by atoms with Gasteiger partial charge < -0.3 is 14.5 Å². The second-order valence-corrected chi connectivity index (χ2v) is 5.68. The number of aromatic amines is 1. The van der Waals surface area contributed by atoms with E-state index in [1.54, 1.807) is 17.1 Å². The normalized spacial score (nSPS) is 11.1. The maximum absolute atomic E-state index is 12.5. The van der Waals surface area contributed by atoms with Gasteiger partial charge >= 0.3 is 0 Å². The number of benzene rings is 1. The van der Waals surface area contributed by atoms with Gasteiger partial charge in [-0.05, 0) is 25.5 Å². The molecule has 23 heavy (non-hydrogen) atoms. The van der Waals surface area contributed by atoms with Gasteiger partial charge in [0.2, 0.25) is 0 Å². The van der Waals surface area contributed by atoms with Crippen LogP contribution in [0.15, 0.2) is 30.7 Å². The molecular formula is C17H21N5O. The third-order valence-corrected chi connectivity index (χ3v) is 4.09. The van der Waals surface area contributed by atoms with Crippen LogP contribution in [0.4, 0.5) is 0 Å². The fraction of sp³-hybridized carbons (Fsp3) is 0.353. The molecule has 1 amide bonds. The Bertz CT molecular complexity index is 832. The van der Waals surface area contributed by atoms with E-state index in [1.165, 1.54) is 0 Å². The van der Waals surface area contributed by atoms with Crippen molar-refractivity contribution in [1.29, 1.82) is 0 Å². The van der Waals surface area contributed by atoms with E-state index in [0.29, 0.717) is 25.2 Å². The molecular weight excluding hydrogens is 290 g/mol. The summed E-state index contributed by atoms with van der Waals surface area (Å²) in [6.07, 6.45) is 3.95. The minimum Gasteiger partial charge on any atom is -0.342 e. The number of likely N-dealkylation sites (N-methyl/N-ethyl adjacent to an activating group) is 1. The van der Waals surface area contributed by atoms with E-state index in [1.807, 2.05) is 31.0 Å². The Kier molecular flexibility index (Phi) is 4.14. The van der Waals surface area contributed by atoms with Crippen molar-refractivity contribution >= 4 is 16.9 Å². The van der Waals surface area contributed by atoms with Crippen LogP contribution in [0.5, 0.6) is 0 Å². The molecule has 1 aromatic carbocycles. The van der Waals surface area contributed by atoms with Gasteiger partial charge in [0, 0.05) is 26.6 Å². The van der Waals surface area contributed by atoms with Crippen molar-refractivity contribution in [3.05, 3.63) is 47.8 Å². The van der Waals surface area contributed by atoms with E-state index in [-0.39, 0.29) is 5.91 Å². The molecule has 3 rings (SSSR count). The van der Waals surface area contributed by atoms with E-state index >= 15 is 0 Å². The number of aromatic nitrogens is 4. The van der Waals surface area contributed by atoms with Crippen molar-refractivity contribution in [2.75, 3.05) is 13.1 Å². The number of nitrogens with one attached hydrogen (secondary N) is 1. The summed E-state index contributed by atoms with van der Waals surface area (Å²) in [6, 6.07) is 6.10. The van der Waals surface area contributed by atoms with E-state index in [2.05, 4.69) is 27.9 Å². The van der Waals surface area contributed by atoms with Gasteiger partial charge in [-0.15, -0.1) is 0 Å². The summed E-state index contributed by atoms with van der Waals surface area (Å²) in [5.41, 5.74) is 3.81. The number of carbonyl (C=O) groups excluding carboxylic acids is 1. The van der Waals surface area contributed by atoms with Crippen LogP contribution in [0.2, 0.25) is 0 Å². The number of nitrogens with zero attached hydrogens (tertiary/aromatic N) is 4. The molecule has 6 heteroatoms. The molecule has 0 spiro atoms. The molecule has 0 aliphatic rings. The minimum atomic E-state index is -0.000193. The Labute approximate surface area is 135 Å². The molecule has 120 valence electrons. The number of fused-ring (bicyclic) bond motifs is 1. The summed E-state index contributed by atoms with van der Waals surface area (Å²) < 4.78 is 1.75. The predicted octanol–water partition coefficient (Wildman–Crippen LogP) is 2.31. The Morgan fingerprint density at radius 1 is 1.39 bits per heavy atom. The summed E-state index contributed by atoms with van der Waals surface area (Å²) in [4.78, 5) is 26.4. The number of para-hydroxylation sites is 1. The molecule has 2 aromatic heterocycles. The van der Waals surface area contributed by atoms with Crippen molar-refractivity contribution in [2.24, 2.45) is 7.05 Å². The van der Waals surface area contributed by atoms with Gasteiger partial charge in [-0.2, -0.15) is 0 Å². The molecule has 0 atom stereocenters. The van der Waals surface area contributed by atoms with E-state index in [4.69, 9.17) is 0 Å². The monoisotopic (exact) mass is 311 g/mol. The smallest absolute Gasteiger partial charge is 0.272 e. The SMILES string of the molecule is CCN(CCc1nc2c(C)cccc2[nH]1)C(=O)c1cncn1C. The first-order chi connectivity index (χ1) is 11.1. The number of carbonyl (C=O) groups is 1. The highest BCUT2D eigenvalue weighted by atomic mass is 16.2. The van der Waals surface area contributed by atoms with Crippen LogP contribution >= 0.6 is 0 Å². The summed E-state index contributed by atoms with van der Waals surface area (Å²) in [5, 5.41) is 0. The molecule has 6 nitrogen and oxygen atoms in total. The van der Waals surface area contributed by atoms with Crippen LogP contribution in [-0.2, 0) is 13.5 Å². The number of rotatable bonds is 5. The van der Waals surface area contributed by atoms with Gasteiger partial charge in [0.05, 0.1) is 23.6 Å². The van der Waals surface area contributed by atoms with Crippen LogP contribution in [0.25, 0.3) is 11.0 Å². The van der Waals surface area contributed by atoms with Gasteiger partial charge in [-0.25, -0.2) is 9.97 Å². The average Bonchev–Trinajstić information content (AvgIpc) is 3.14. The maximum Gasteiger partial charge on any atom is 0.272 e. The topological polar surface area (TPSA) is 66.8 Å². The number of hydrogen-bond acceptors (Lipinski definition) is 3. The predicted molar refractivity (Wildman–Crippen MR) is 89.3 cm³/mol. The second kappa shape index (κ2) is 6.24. The zero-order chi connectivity index (χ0) is 16.4. The quantitative estimate of drug-likeness (QED) is 0.786. The molecule has 0 unspecified atom stereocenters. The lowest BCUT2D eigenvalue weighted by Crippen LogP contribution is -2.34. The summed E-state index contributed by atoms with van der Waals surface area (Å²) in [7, 11) is 1.83. The lowest BCUT2D eigenvalue weighted by Gasteiger charge is -2.20. The fourth-order valence-electron chi connectivity index (χ4n) is 2.71.